The first-order chi connectivity index (χ1) is 13.5. The second-order valence-electron chi connectivity index (χ2n) is 7.27. The molecule has 0 saturated carbocycles. The van der Waals surface area contributed by atoms with Gasteiger partial charge < -0.3 is 14.5 Å². The first kappa shape index (κ1) is 19.9. The number of amides is 2. The van der Waals surface area contributed by atoms with Crippen LogP contribution in [-0.2, 0) is 11.3 Å². The summed E-state index contributed by atoms with van der Waals surface area (Å²) < 4.78 is 5.42. The fraction of sp³-hybridized carbons (Fsp3) is 0.391. The first-order valence-electron chi connectivity index (χ1n) is 9.80. The Labute approximate surface area is 166 Å². The van der Waals surface area contributed by atoms with Gasteiger partial charge in [0.15, 0.2) is 0 Å². The molecule has 0 radical (unpaired) electrons. The average Bonchev–Trinajstić information content (AvgIpc) is 2.87. The van der Waals surface area contributed by atoms with Gasteiger partial charge in [-0.3, -0.25) is 9.59 Å². The molecule has 1 aliphatic heterocycles. The lowest BCUT2D eigenvalue weighted by Gasteiger charge is -2.31. The smallest absolute Gasteiger partial charge is 0.257 e. The standard InChI is InChI=1S/C23H28N2O3/c1-4-19-16-24(23(27)20-11-10-17(2)14-21(20)28-3)13-12-22(26)25(19)15-18-8-6-5-7-9-18/h5-11,14,19H,4,12-13,15-16H2,1-3H3/t19-/m0/s1. The predicted octanol–water partition coefficient (Wildman–Crippen LogP) is 3.66. The molecule has 1 heterocycles. The molecule has 5 nitrogen and oxygen atoms in total. The van der Waals surface area contributed by atoms with Crippen molar-refractivity contribution in [2.24, 2.45) is 0 Å². The Morgan fingerprint density at radius 1 is 1.18 bits per heavy atom. The molecule has 0 bridgehead atoms. The summed E-state index contributed by atoms with van der Waals surface area (Å²) in [5, 5.41) is 0. The second kappa shape index (κ2) is 8.91. The van der Waals surface area contributed by atoms with Crippen molar-refractivity contribution in [2.75, 3.05) is 20.2 Å². The van der Waals surface area contributed by atoms with Gasteiger partial charge in [-0.15, -0.1) is 0 Å². The van der Waals surface area contributed by atoms with Gasteiger partial charge in [0.2, 0.25) is 5.91 Å². The van der Waals surface area contributed by atoms with E-state index in [9.17, 15) is 9.59 Å². The Kier molecular flexibility index (Phi) is 6.34. The molecular formula is C23H28N2O3. The molecule has 1 atom stereocenters. The van der Waals surface area contributed by atoms with Crippen LogP contribution in [0.3, 0.4) is 0 Å². The lowest BCUT2D eigenvalue weighted by molar-refractivity contribution is -0.133. The highest BCUT2D eigenvalue weighted by Gasteiger charge is 2.31. The van der Waals surface area contributed by atoms with Crippen molar-refractivity contribution >= 4 is 11.8 Å². The largest absolute Gasteiger partial charge is 0.496 e. The van der Waals surface area contributed by atoms with Crippen LogP contribution in [0.5, 0.6) is 5.75 Å². The van der Waals surface area contributed by atoms with E-state index in [0.29, 0.717) is 37.4 Å². The molecule has 0 aliphatic carbocycles. The maximum Gasteiger partial charge on any atom is 0.257 e. The van der Waals surface area contributed by atoms with E-state index in [1.165, 1.54) is 0 Å². The van der Waals surface area contributed by atoms with Crippen LogP contribution in [0.4, 0.5) is 0 Å². The molecule has 5 heteroatoms. The van der Waals surface area contributed by atoms with E-state index in [2.05, 4.69) is 6.92 Å². The number of hydrogen-bond donors (Lipinski definition) is 0. The molecule has 2 aromatic rings. The van der Waals surface area contributed by atoms with E-state index in [1.807, 2.05) is 60.4 Å². The number of ether oxygens (including phenoxy) is 1. The predicted molar refractivity (Wildman–Crippen MR) is 109 cm³/mol. The lowest BCUT2D eigenvalue weighted by Crippen LogP contribution is -2.43. The number of aryl methyl sites for hydroxylation is 1. The van der Waals surface area contributed by atoms with E-state index in [-0.39, 0.29) is 17.9 Å². The van der Waals surface area contributed by atoms with Gasteiger partial charge in [-0.25, -0.2) is 0 Å². The lowest BCUT2D eigenvalue weighted by atomic mass is 10.1. The van der Waals surface area contributed by atoms with Crippen molar-refractivity contribution in [3.8, 4) is 5.75 Å². The van der Waals surface area contributed by atoms with Gasteiger partial charge in [0.1, 0.15) is 5.75 Å². The molecule has 1 saturated heterocycles. The third kappa shape index (κ3) is 4.35. The van der Waals surface area contributed by atoms with E-state index in [0.717, 1.165) is 17.5 Å². The molecule has 2 amide bonds. The second-order valence-corrected chi connectivity index (χ2v) is 7.27. The maximum absolute atomic E-state index is 13.2. The highest BCUT2D eigenvalue weighted by Crippen LogP contribution is 2.24. The van der Waals surface area contributed by atoms with E-state index >= 15 is 0 Å². The monoisotopic (exact) mass is 380 g/mol. The number of rotatable bonds is 5. The maximum atomic E-state index is 13.2. The van der Waals surface area contributed by atoms with E-state index in [1.54, 1.807) is 12.0 Å². The van der Waals surface area contributed by atoms with Crippen LogP contribution in [0.25, 0.3) is 0 Å². The van der Waals surface area contributed by atoms with Crippen LogP contribution in [0.2, 0.25) is 0 Å². The summed E-state index contributed by atoms with van der Waals surface area (Å²) in [6, 6.07) is 15.6. The van der Waals surface area contributed by atoms with E-state index < -0.39 is 0 Å². The van der Waals surface area contributed by atoms with Crippen molar-refractivity contribution in [3.63, 3.8) is 0 Å². The van der Waals surface area contributed by atoms with Crippen molar-refractivity contribution in [3.05, 3.63) is 65.2 Å². The number of benzene rings is 2. The molecule has 1 fully saturated rings. The van der Waals surface area contributed by atoms with Crippen LogP contribution in [0.1, 0.15) is 41.3 Å². The van der Waals surface area contributed by atoms with Gasteiger partial charge in [-0.1, -0.05) is 43.3 Å². The molecular weight excluding hydrogens is 352 g/mol. The first-order valence-corrected chi connectivity index (χ1v) is 9.80. The summed E-state index contributed by atoms with van der Waals surface area (Å²) in [7, 11) is 1.58. The van der Waals surface area contributed by atoms with Gasteiger partial charge in [-0.2, -0.15) is 0 Å². The minimum Gasteiger partial charge on any atom is -0.496 e. The molecule has 28 heavy (non-hydrogen) atoms. The van der Waals surface area contributed by atoms with Crippen molar-refractivity contribution < 1.29 is 14.3 Å². The third-order valence-corrected chi connectivity index (χ3v) is 5.33. The fourth-order valence-corrected chi connectivity index (χ4v) is 3.70. The zero-order chi connectivity index (χ0) is 20.1. The van der Waals surface area contributed by atoms with E-state index in [4.69, 9.17) is 4.74 Å². The Morgan fingerprint density at radius 2 is 1.93 bits per heavy atom. The van der Waals surface area contributed by atoms with Gasteiger partial charge >= 0.3 is 0 Å². The zero-order valence-corrected chi connectivity index (χ0v) is 16.9. The minimum absolute atomic E-state index is 0.00407. The molecule has 148 valence electrons. The van der Waals surface area contributed by atoms with Gasteiger partial charge in [0.05, 0.1) is 12.7 Å². The normalized spacial score (nSPS) is 17.4. The topological polar surface area (TPSA) is 49.9 Å². The van der Waals surface area contributed by atoms with Crippen LogP contribution in [-0.4, -0.2) is 47.9 Å². The molecule has 0 aromatic heterocycles. The summed E-state index contributed by atoms with van der Waals surface area (Å²) in [6.45, 7) is 5.57. The van der Waals surface area contributed by atoms with Gasteiger partial charge in [-0.05, 0) is 36.6 Å². The van der Waals surface area contributed by atoms with Crippen molar-refractivity contribution in [1.29, 1.82) is 0 Å². The van der Waals surface area contributed by atoms with Gasteiger partial charge in [0, 0.05) is 32.1 Å². The number of methoxy groups -OCH3 is 1. The minimum atomic E-state index is -0.0790. The van der Waals surface area contributed by atoms with Crippen LogP contribution < -0.4 is 4.74 Å². The average molecular weight is 380 g/mol. The van der Waals surface area contributed by atoms with Crippen LogP contribution in [0.15, 0.2) is 48.5 Å². The molecule has 0 spiro atoms. The highest BCUT2D eigenvalue weighted by molar-refractivity contribution is 5.97. The molecule has 0 N–H and O–H groups in total. The van der Waals surface area contributed by atoms with Crippen molar-refractivity contribution in [2.45, 2.75) is 39.3 Å². The Hall–Kier alpha value is -2.82. The number of carbonyl (C=O) groups is 2. The fourth-order valence-electron chi connectivity index (χ4n) is 3.70. The van der Waals surface area contributed by atoms with Crippen LogP contribution >= 0.6 is 0 Å². The van der Waals surface area contributed by atoms with Crippen LogP contribution in [0, 0.1) is 6.92 Å². The number of carbonyl (C=O) groups excluding carboxylic acids is 2. The third-order valence-electron chi connectivity index (χ3n) is 5.33. The summed E-state index contributed by atoms with van der Waals surface area (Å²) in [4.78, 5) is 29.7. The molecule has 3 rings (SSSR count). The SMILES string of the molecule is CC[C@H]1CN(C(=O)c2ccc(C)cc2OC)CCC(=O)N1Cc1ccccc1. The summed E-state index contributed by atoms with van der Waals surface area (Å²) >= 11 is 0. The zero-order valence-electron chi connectivity index (χ0n) is 16.9. The Bertz CT molecular complexity index is 835. The summed E-state index contributed by atoms with van der Waals surface area (Å²) in [5.74, 6) is 0.598. The molecule has 2 aromatic carbocycles. The number of nitrogens with zero attached hydrogens (tertiary/aromatic N) is 2. The highest BCUT2D eigenvalue weighted by atomic mass is 16.5. The van der Waals surface area contributed by atoms with Gasteiger partial charge in [0.25, 0.3) is 5.91 Å². The Morgan fingerprint density at radius 3 is 2.61 bits per heavy atom. The van der Waals surface area contributed by atoms with Crippen molar-refractivity contribution in [1.82, 2.24) is 9.80 Å². The summed E-state index contributed by atoms with van der Waals surface area (Å²) in [6.07, 6.45) is 1.14. The summed E-state index contributed by atoms with van der Waals surface area (Å²) in [5.41, 5.74) is 2.70. The number of hydrogen-bond acceptors (Lipinski definition) is 3. The quantitative estimate of drug-likeness (QED) is 0.795. The molecule has 1 aliphatic rings. The molecule has 0 unspecified atom stereocenters. The Balaban J connectivity index is 1.82.